The van der Waals surface area contributed by atoms with Gasteiger partial charge in [0.25, 0.3) is 0 Å². The van der Waals surface area contributed by atoms with E-state index in [0.717, 1.165) is 45.8 Å². The summed E-state index contributed by atoms with van der Waals surface area (Å²) in [7, 11) is 0. The van der Waals surface area contributed by atoms with Crippen LogP contribution in [0.25, 0.3) is 0 Å². The van der Waals surface area contributed by atoms with Crippen LogP contribution < -0.4 is 0 Å². The molecule has 1 saturated heterocycles. The number of carbonyl (C=O) groups is 1. The molecule has 114 valence electrons. The lowest BCUT2D eigenvalue weighted by molar-refractivity contribution is -0.127. The van der Waals surface area contributed by atoms with Crippen LogP contribution in [0.1, 0.15) is 12.0 Å². The average Bonchev–Trinajstić information content (AvgIpc) is 2.55. The van der Waals surface area contributed by atoms with E-state index in [1.54, 1.807) is 0 Å². The summed E-state index contributed by atoms with van der Waals surface area (Å²) in [6.45, 7) is 9.51. The second kappa shape index (κ2) is 8.60. The second-order valence-corrected chi connectivity index (χ2v) is 5.26. The zero-order valence-electron chi connectivity index (χ0n) is 12.5. The van der Waals surface area contributed by atoms with E-state index in [0.29, 0.717) is 6.61 Å². The normalized spacial score (nSPS) is 15.9. The first kappa shape index (κ1) is 15.7. The minimum atomic E-state index is 0.0424. The molecule has 2 rings (SSSR count). The maximum Gasteiger partial charge on any atom is 0.246 e. The van der Waals surface area contributed by atoms with Crippen LogP contribution in [0.3, 0.4) is 0 Å². The molecule has 0 saturated carbocycles. The highest BCUT2D eigenvalue weighted by molar-refractivity contribution is 5.87. The summed E-state index contributed by atoms with van der Waals surface area (Å²) in [6, 6.07) is 10.2. The van der Waals surface area contributed by atoms with Crippen LogP contribution in [-0.2, 0) is 16.1 Å². The number of carbonyl (C=O) groups excluding carboxylic acids is 1. The maximum atomic E-state index is 11.5. The zero-order chi connectivity index (χ0) is 14.9. The Kier molecular flexibility index (Phi) is 6.44. The van der Waals surface area contributed by atoms with Crippen LogP contribution in [0.2, 0.25) is 0 Å². The van der Waals surface area contributed by atoms with Crippen molar-refractivity contribution in [3.63, 3.8) is 0 Å². The topological polar surface area (TPSA) is 32.8 Å². The zero-order valence-corrected chi connectivity index (χ0v) is 12.5. The summed E-state index contributed by atoms with van der Waals surface area (Å²) in [4.78, 5) is 15.7. The molecule has 0 radical (unpaired) electrons. The van der Waals surface area contributed by atoms with Gasteiger partial charge in [-0.3, -0.25) is 9.69 Å². The predicted molar refractivity (Wildman–Crippen MR) is 83.9 cm³/mol. The molecule has 4 nitrogen and oxygen atoms in total. The van der Waals surface area contributed by atoms with E-state index in [4.69, 9.17) is 4.74 Å². The molecule has 21 heavy (non-hydrogen) atoms. The monoisotopic (exact) mass is 288 g/mol. The van der Waals surface area contributed by atoms with E-state index < -0.39 is 0 Å². The van der Waals surface area contributed by atoms with E-state index in [2.05, 4.69) is 23.6 Å². The van der Waals surface area contributed by atoms with Crippen LogP contribution in [0.15, 0.2) is 43.0 Å². The first-order valence-electron chi connectivity index (χ1n) is 7.55. The van der Waals surface area contributed by atoms with Crippen molar-refractivity contribution in [2.75, 3.05) is 39.3 Å². The third kappa shape index (κ3) is 5.33. The number of hydrogen-bond acceptors (Lipinski definition) is 3. The Bertz CT molecular complexity index is 439. The van der Waals surface area contributed by atoms with Gasteiger partial charge in [-0.2, -0.15) is 0 Å². The molecule has 0 bridgehead atoms. The average molecular weight is 288 g/mol. The fraction of sp³-hybridized carbons (Fsp3) is 0.471. The first-order chi connectivity index (χ1) is 10.3. The Hall–Kier alpha value is -1.65. The fourth-order valence-corrected chi connectivity index (χ4v) is 2.48. The van der Waals surface area contributed by atoms with E-state index in [9.17, 15) is 4.79 Å². The predicted octanol–water partition coefficient (Wildman–Crippen LogP) is 1.92. The van der Waals surface area contributed by atoms with Crippen LogP contribution in [0, 0.1) is 0 Å². The number of amides is 1. The molecule has 0 N–H and O–H groups in total. The van der Waals surface area contributed by atoms with Crippen LogP contribution in [0.5, 0.6) is 0 Å². The van der Waals surface area contributed by atoms with Gasteiger partial charge in [0.15, 0.2) is 0 Å². The molecular formula is C17H24N2O2. The van der Waals surface area contributed by atoms with E-state index in [-0.39, 0.29) is 5.91 Å². The Morgan fingerprint density at radius 3 is 2.57 bits per heavy atom. The SMILES string of the molecule is C=CC(=O)N1CCN(CCCOCc2ccccc2)CC1. The molecular weight excluding hydrogens is 264 g/mol. The van der Waals surface area contributed by atoms with Crippen LogP contribution in [-0.4, -0.2) is 55.0 Å². The highest BCUT2D eigenvalue weighted by Gasteiger charge is 2.18. The lowest BCUT2D eigenvalue weighted by Crippen LogP contribution is -2.48. The molecule has 1 heterocycles. The van der Waals surface area contributed by atoms with E-state index >= 15 is 0 Å². The van der Waals surface area contributed by atoms with E-state index in [1.807, 2.05) is 23.1 Å². The van der Waals surface area contributed by atoms with E-state index in [1.165, 1.54) is 11.6 Å². The third-order valence-corrected chi connectivity index (χ3v) is 3.73. The molecule has 1 aromatic rings. The Morgan fingerprint density at radius 1 is 1.19 bits per heavy atom. The quantitative estimate of drug-likeness (QED) is 0.568. The molecule has 1 aliphatic rings. The van der Waals surface area contributed by atoms with Crippen molar-refractivity contribution < 1.29 is 9.53 Å². The van der Waals surface area contributed by atoms with Gasteiger partial charge in [-0.05, 0) is 18.1 Å². The number of hydrogen-bond donors (Lipinski definition) is 0. The van der Waals surface area contributed by atoms with Crippen molar-refractivity contribution >= 4 is 5.91 Å². The molecule has 0 atom stereocenters. The van der Waals surface area contributed by atoms with Crippen molar-refractivity contribution in [3.8, 4) is 0 Å². The summed E-state index contributed by atoms with van der Waals surface area (Å²) < 4.78 is 5.68. The Labute approximate surface area is 127 Å². The molecule has 0 aliphatic carbocycles. The Morgan fingerprint density at radius 2 is 1.90 bits per heavy atom. The molecule has 4 heteroatoms. The van der Waals surface area contributed by atoms with Gasteiger partial charge < -0.3 is 9.64 Å². The lowest BCUT2D eigenvalue weighted by atomic mass is 10.2. The van der Waals surface area contributed by atoms with Crippen molar-refractivity contribution in [3.05, 3.63) is 48.6 Å². The van der Waals surface area contributed by atoms with Gasteiger partial charge in [-0.1, -0.05) is 36.9 Å². The minimum Gasteiger partial charge on any atom is -0.377 e. The van der Waals surface area contributed by atoms with Gasteiger partial charge in [0.2, 0.25) is 5.91 Å². The lowest BCUT2D eigenvalue weighted by Gasteiger charge is -2.34. The molecule has 1 amide bonds. The molecule has 0 unspecified atom stereocenters. The standard InChI is InChI=1S/C17H24N2O2/c1-2-17(20)19-12-10-18(11-13-19)9-6-14-21-15-16-7-4-3-5-8-16/h2-5,7-8H,1,6,9-15H2. The second-order valence-electron chi connectivity index (χ2n) is 5.26. The van der Waals surface area contributed by atoms with Gasteiger partial charge in [0, 0.05) is 39.3 Å². The third-order valence-electron chi connectivity index (χ3n) is 3.73. The molecule has 1 aliphatic heterocycles. The summed E-state index contributed by atoms with van der Waals surface area (Å²) >= 11 is 0. The van der Waals surface area contributed by atoms with Crippen molar-refractivity contribution in [2.45, 2.75) is 13.0 Å². The first-order valence-corrected chi connectivity index (χ1v) is 7.55. The fourth-order valence-electron chi connectivity index (χ4n) is 2.48. The van der Waals surface area contributed by atoms with Crippen molar-refractivity contribution in [1.29, 1.82) is 0 Å². The highest BCUT2D eigenvalue weighted by atomic mass is 16.5. The summed E-state index contributed by atoms with van der Waals surface area (Å²) in [6.07, 6.45) is 2.43. The maximum absolute atomic E-state index is 11.5. The molecule has 1 aromatic carbocycles. The number of nitrogens with zero attached hydrogens (tertiary/aromatic N) is 2. The number of piperazine rings is 1. The Balaban J connectivity index is 1.54. The summed E-state index contributed by atoms with van der Waals surface area (Å²) in [5.41, 5.74) is 1.22. The van der Waals surface area contributed by atoms with Gasteiger partial charge in [-0.25, -0.2) is 0 Å². The molecule has 0 spiro atoms. The van der Waals surface area contributed by atoms with Crippen molar-refractivity contribution in [2.24, 2.45) is 0 Å². The van der Waals surface area contributed by atoms with Crippen LogP contribution >= 0.6 is 0 Å². The van der Waals surface area contributed by atoms with Gasteiger partial charge >= 0.3 is 0 Å². The molecule has 0 aromatic heterocycles. The largest absolute Gasteiger partial charge is 0.377 e. The number of ether oxygens (including phenoxy) is 1. The summed E-state index contributed by atoms with van der Waals surface area (Å²) in [5.74, 6) is 0.0424. The minimum absolute atomic E-state index is 0.0424. The summed E-state index contributed by atoms with van der Waals surface area (Å²) in [5, 5.41) is 0. The highest BCUT2D eigenvalue weighted by Crippen LogP contribution is 2.04. The van der Waals surface area contributed by atoms with Crippen molar-refractivity contribution in [1.82, 2.24) is 9.80 Å². The van der Waals surface area contributed by atoms with Crippen LogP contribution in [0.4, 0.5) is 0 Å². The van der Waals surface area contributed by atoms with Gasteiger partial charge in [0.1, 0.15) is 0 Å². The number of benzene rings is 1. The molecule has 1 fully saturated rings. The van der Waals surface area contributed by atoms with Gasteiger partial charge in [0.05, 0.1) is 6.61 Å². The van der Waals surface area contributed by atoms with Gasteiger partial charge in [-0.15, -0.1) is 0 Å². The number of rotatable bonds is 7. The smallest absolute Gasteiger partial charge is 0.246 e.